The number of ether oxygens (including phenoxy) is 4. The Morgan fingerprint density at radius 3 is 2.11 bits per heavy atom. The normalized spacial score (nSPS) is 12.7. The molecule has 0 fully saturated rings. The van der Waals surface area contributed by atoms with Gasteiger partial charge in [-0.1, -0.05) is 60.2 Å². The van der Waals surface area contributed by atoms with Gasteiger partial charge in [-0.15, -0.1) is 0 Å². The van der Waals surface area contributed by atoms with Gasteiger partial charge in [0, 0.05) is 26.3 Å². The Hall–Kier alpha value is -2.91. The van der Waals surface area contributed by atoms with Crippen molar-refractivity contribution in [3.8, 4) is 11.5 Å². The zero-order valence-corrected chi connectivity index (χ0v) is 21.6. The van der Waals surface area contributed by atoms with Crippen LogP contribution in [0.3, 0.4) is 0 Å². The molecule has 1 unspecified atom stereocenters. The SMILES string of the molecule is COc1cccc(CN(C(C)C(OC)OC)S(=O)(=O)c2ccc(C)cc2)c1OCc1ccccc1. The molecule has 3 aromatic rings. The van der Waals surface area contributed by atoms with Crippen molar-refractivity contribution >= 4 is 10.0 Å². The van der Waals surface area contributed by atoms with Gasteiger partial charge < -0.3 is 18.9 Å². The molecule has 0 aromatic heterocycles. The fourth-order valence-electron chi connectivity index (χ4n) is 3.83. The second kappa shape index (κ2) is 12.2. The second-order valence-electron chi connectivity index (χ2n) is 8.17. The Labute approximate surface area is 208 Å². The standard InChI is InChI=1S/C27H33NO6S/c1-20-14-16-24(17-15-20)35(29,30)28(21(2)27(32-4)33-5)18-23-12-9-13-25(31-3)26(23)34-19-22-10-7-6-8-11-22/h6-17,21,27H,18-19H2,1-5H3. The topological polar surface area (TPSA) is 74.3 Å². The van der Waals surface area contributed by atoms with Crippen molar-refractivity contribution in [2.24, 2.45) is 0 Å². The predicted molar refractivity (Wildman–Crippen MR) is 135 cm³/mol. The lowest BCUT2D eigenvalue weighted by atomic mass is 10.1. The van der Waals surface area contributed by atoms with Crippen molar-refractivity contribution < 1.29 is 27.4 Å². The molecule has 3 rings (SSSR count). The van der Waals surface area contributed by atoms with Crippen LogP contribution in [0.5, 0.6) is 11.5 Å². The molecule has 0 saturated carbocycles. The van der Waals surface area contributed by atoms with E-state index in [1.54, 1.807) is 44.4 Å². The number of nitrogens with zero attached hydrogens (tertiary/aromatic N) is 1. The Morgan fingerprint density at radius 1 is 0.857 bits per heavy atom. The summed E-state index contributed by atoms with van der Waals surface area (Å²) in [6.45, 7) is 4.01. The molecule has 0 spiro atoms. The number of hydrogen-bond donors (Lipinski definition) is 0. The van der Waals surface area contributed by atoms with E-state index in [9.17, 15) is 8.42 Å². The lowest BCUT2D eigenvalue weighted by Gasteiger charge is -2.33. The molecule has 1 atom stereocenters. The van der Waals surface area contributed by atoms with Crippen LogP contribution in [0.4, 0.5) is 0 Å². The van der Waals surface area contributed by atoms with E-state index in [2.05, 4.69) is 0 Å². The summed E-state index contributed by atoms with van der Waals surface area (Å²) in [6.07, 6.45) is -0.769. The predicted octanol–water partition coefficient (Wildman–Crippen LogP) is 4.78. The van der Waals surface area contributed by atoms with Crippen molar-refractivity contribution in [2.45, 2.75) is 44.2 Å². The lowest BCUT2D eigenvalue weighted by molar-refractivity contribution is -0.132. The third kappa shape index (κ3) is 6.41. The average Bonchev–Trinajstić information content (AvgIpc) is 2.87. The molecular weight excluding hydrogens is 466 g/mol. The summed E-state index contributed by atoms with van der Waals surface area (Å²) in [7, 11) is 0.627. The minimum Gasteiger partial charge on any atom is -0.493 e. The zero-order chi connectivity index (χ0) is 25.4. The van der Waals surface area contributed by atoms with Gasteiger partial charge in [-0.25, -0.2) is 8.42 Å². The van der Waals surface area contributed by atoms with Crippen LogP contribution in [-0.4, -0.2) is 46.4 Å². The van der Waals surface area contributed by atoms with Gasteiger partial charge in [-0.3, -0.25) is 0 Å². The van der Waals surface area contributed by atoms with E-state index in [4.69, 9.17) is 18.9 Å². The molecule has 0 heterocycles. The fourth-order valence-corrected chi connectivity index (χ4v) is 5.42. The summed E-state index contributed by atoms with van der Waals surface area (Å²) in [4.78, 5) is 0.190. The van der Waals surface area contributed by atoms with E-state index in [0.717, 1.165) is 11.1 Å². The van der Waals surface area contributed by atoms with Gasteiger partial charge in [0.2, 0.25) is 10.0 Å². The molecular formula is C27H33NO6S. The molecule has 0 aliphatic carbocycles. The van der Waals surface area contributed by atoms with Crippen LogP contribution in [0, 0.1) is 6.92 Å². The first-order chi connectivity index (χ1) is 16.8. The highest BCUT2D eigenvalue weighted by molar-refractivity contribution is 7.89. The van der Waals surface area contributed by atoms with Crippen LogP contribution in [-0.2, 0) is 32.6 Å². The highest BCUT2D eigenvalue weighted by atomic mass is 32.2. The average molecular weight is 500 g/mol. The van der Waals surface area contributed by atoms with Gasteiger partial charge in [0.25, 0.3) is 0 Å². The molecule has 0 saturated heterocycles. The molecule has 0 bridgehead atoms. The molecule has 0 amide bonds. The smallest absolute Gasteiger partial charge is 0.243 e. The highest BCUT2D eigenvalue weighted by Crippen LogP contribution is 2.35. The van der Waals surface area contributed by atoms with E-state index in [1.165, 1.54) is 18.5 Å². The molecule has 0 aliphatic rings. The molecule has 188 valence electrons. The summed E-state index contributed by atoms with van der Waals surface area (Å²) < 4.78 is 51.6. The maximum absolute atomic E-state index is 13.8. The number of benzene rings is 3. The number of sulfonamides is 1. The third-order valence-corrected chi connectivity index (χ3v) is 7.72. The van der Waals surface area contributed by atoms with Crippen LogP contribution in [0.15, 0.2) is 77.7 Å². The van der Waals surface area contributed by atoms with E-state index in [-0.39, 0.29) is 11.4 Å². The first-order valence-corrected chi connectivity index (χ1v) is 12.7. The van der Waals surface area contributed by atoms with E-state index >= 15 is 0 Å². The van der Waals surface area contributed by atoms with Crippen molar-refractivity contribution in [2.75, 3.05) is 21.3 Å². The molecule has 3 aromatic carbocycles. The van der Waals surface area contributed by atoms with E-state index in [0.29, 0.717) is 23.7 Å². The molecule has 0 N–H and O–H groups in total. The summed E-state index contributed by atoms with van der Waals surface area (Å²) in [5.74, 6) is 1.01. The summed E-state index contributed by atoms with van der Waals surface area (Å²) in [6, 6.07) is 21.3. The van der Waals surface area contributed by atoms with Gasteiger partial charge in [0.05, 0.1) is 18.0 Å². The van der Waals surface area contributed by atoms with Crippen LogP contribution in [0.1, 0.15) is 23.6 Å². The van der Waals surface area contributed by atoms with Crippen molar-refractivity contribution in [3.05, 3.63) is 89.5 Å². The highest BCUT2D eigenvalue weighted by Gasteiger charge is 2.35. The van der Waals surface area contributed by atoms with Gasteiger partial charge >= 0.3 is 0 Å². The van der Waals surface area contributed by atoms with Gasteiger partial charge in [-0.2, -0.15) is 4.31 Å². The Balaban J connectivity index is 2.03. The number of methoxy groups -OCH3 is 3. The van der Waals surface area contributed by atoms with Crippen molar-refractivity contribution in [1.29, 1.82) is 0 Å². The maximum Gasteiger partial charge on any atom is 0.243 e. The number of hydrogen-bond acceptors (Lipinski definition) is 6. The van der Waals surface area contributed by atoms with Crippen LogP contribution in [0.2, 0.25) is 0 Å². The van der Waals surface area contributed by atoms with E-state index < -0.39 is 22.4 Å². The van der Waals surface area contributed by atoms with Gasteiger partial charge in [0.15, 0.2) is 17.8 Å². The maximum atomic E-state index is 13.8. The Kier molecular flexibility index (Phi) is 9.28. The van der Waals surface area contributed by atoms with Crippen molar-refractivity contribution in [3.63, 3.8) is 0 Å². The second-order valence-corrected chi connectivity index (χ2v) is 10.1. The molecule has 35 heavy (non-hydrogen) atoms. The minimum atomic E-state index is -3.91. The summed E-state index contributed by atoms with van der Waals surface area (Å²) >= 11 is 0. The zero-order valence-electron chi connectivity index (χ0n) is 20.8. The first-order valence-electron chi connectivity index (χ1n) is 11.3. The molecule has 8 heteroatoms. The van der Waals surface area contributed by atoms with Crippen LogP contribution < -0.4 is 9.47 Å². The van der Waals surface area contributed by atoms with Gasteiger partial charge in [-0.05, 0) is 37.6 Å². The van der Waals surface area contributed by atoms with Crippen LogP contribution in [0.25, 0.3) is 0 Å². The molecule has 7 nitrogen and oxygen atoms in total. The number of aryl methyl sites for hydroxylation is 1. The lowest BCUT2D eigenvalue weighted by Crippen LogP contribution is -2.46. The van der Waals surface area contributed by atoms with Crippen molar-refractivity contribution in [1.82, 2.24) is 4.31 Å². The number of para-hydroxylation sites is 1. The number of rotatable bonds is 12. The molecule has 0 aliphatic heterocycles. The van der Waals surface area contributed by atoms with Crippen LogP contribution >= 0.6 is 0 Å². The quantitative estimate of drug-likeness (QED) is 0.334. The largest absolute Gasteiger partial charge is 0.493 e. The summed E-state index contributed by atoms with van der Waals surface area (Å²) in [5.41, 5.74) is 2.62. The third-order valence-electron chi connectivity index (χ3n) is 5.77. The molecule has 0 radical (unpaired) electrons. The van der Waals surface area contributed by atoms with E-state index in [1.807, 2.05) is 49.4 Å². The first kappa shape index (κ1) is 26.7. The van der Waals surface area contributed by atoms with Gasteiger partial charge in [0.1, 0.15) is 6.61 Å². The summed E-state index contributed by atoms with van der Waals surface area (Å²) in [5, 5.41) is 0. The Bertz CT molecular complexity index is 1180. The monoisotopic (exact) mass is 499 g/mol. The Morgan fingerprint density at radius 2 is 1.51 bits per heavy atom. The fraction of sp³-hybridized carbons (Fsp3) is 0.333. The minimum absolute atomic E-state index is 0.0297.